The maximum absolute atomic E-state index is 13.0. The maximum Gasteiger partial charge on any atom is 0.416 e. The Morgan fingerprint density at radius 1 is 1.16 bits per heavy atom. The quantitative estimate of drug-likeness (QED) is 0.489. The van der Waals surface area contributed by atoms with Crippen LogP contribution in [0, 0.1) is 5.92 Å². The molecule has 0 spiro atoms. The van der Waals surface area contributed by atoms with Gasteiger partial charge in [0.15, 0.2) is 5.69 Å². The topological polar surface area (TPSA) is 128 Å². The molecule has 200 valence electrons. The molecule has 1 saturated carbocycles. The first kappa shape index (κ1) is 26.9. The summed E-state index contributed by atoms with van der Waals surface area (Å²) in [6.07, 6.45) is 0.289. The average molecular weight is 542 g/mol. The third-order valence-corrected chi connectivity index (χ3v) is 7.10. The van der Waals surface area contributed by atoms with Crippen LogP contribution in [-0.2, 0) is 15.7 Å². The van der Waals surface area contributed by atoms with Crippen molar-refractivity contribution in [3.63, 3.8) is 0 Å². The van der Waals surface area contributed by atoms with Crippen molar-refractivity contribution in [3.8, 4) is 0 Å². The highest BCUT2D eigenvalue weighted by atomic mass is 35.5. The van der Waals surface area contributed by atoms with E-state index in [4.69, 9.17) is 22.1 Å². The molecule has 3 amide bonds. The van der Waals surface area contributed by atoms with Gasteiger partial charge in [0.25, 0.3) is 11.8 Å². The molecule has 2 fully saturated rings. The molecule has 2 aromatic rings. The van der Waals surface area contributed by atoms with E-state index < -0.39 is 35.4 Å². The number of anilines is 1. The second-order valence-electron chi connectivity index (χ2n) is 9.25. The number of nitrogens with two attached hydrogens (primary N) is 1. The first-order valence-electron chi connectivity index (χ1n) is 12.0. The molecule has 4 N–H and O–H groups in total. The van der Waals surface area contributed by atoms with Crippen LogP contribution < -0.4 is 16.4 Å². The molecule has 2 aliphatic rings. The van der Waals surface area contributed by atoms with Crippen molar-refractivity contribution in [2.45, 2.75) is 56.8 Å². The average Bonchev–Trinajstić information content (AvgIpc) is 3.53. The molecule has 1 unspecified atom stereocenters. The lowest BCUT2D eigenvalue weighted by atomic mass is 9.85. The summed E-state index contributed by atoms with van der Waals surface area (Å²) in [5.41, 5.74) is 4.49. The second kappa shape index (κ2) is 11.1. The van der Waals surface area contributed by atoms with Gasteiger partial charge < -0.3 is 25.7 Å². The molecule has 37 heavy (non-hydrogen) atoms. The number of nitrogens with zero attached hydrogens (tertiary/aromatic N) is 2. The van der Waals surface area contributed by atoms with Gasteiger partial charge in [-0.3, -0.25) is 14.4 Å². The van der Waals surface area contributed by atoms with Crippen LogP contribution in [0.5, 0.6) is 0 Å². The zero-order chi connectivity index (χ0) is 26.7. The number of ether oxygens (including phenoxy) is 1. The summed E-state index contributed by atoms with van der Waals surface area (Å²) in [5.74, 6) is -2.21. The first-order valence-corrected chi connectivity index (χ1v) is 12.4. The highest BCUT2D eigenvalue weighted by Crippen LogP contribution is 2.36. The molecule has 0 radical (unpaired) electrons. The van der Waals surface area contributed by atoms with E-state index in [9.17, 15) is 27.6 Å². The summed E-state index contributed by atoms with van der Waals surface area (Å²) < 4.78 is 46.1. The number of hydrogen-bond donors (Lipinski definition) is 3. The van der Waals surface area contributed by atoms with Crippen molar-refractivity contribution < 1.29 is 32.3 Å². The molecule has 1 saturated heterocycles. The summed E-state index contributed by atoms with van der Waals surface area (Å²) in [4.78, 5) is 41.8. The van der Waals surface area contributed by atoms with E-state index in [1.165, 1.54) is 6.33 Å². The molecule has 1 aromatic carbocycles. The minimum absolute atomic E-state index is 0.00449. The highest BCUT2D eigenvalue weighted by Gasteiger charge is 2.33. The van der Waals surface area contributed by atoms with Gasteiger partial charge in [-0.15, -0.1) is 0 Å². The molecular weight excluding hydrogens is 515 g/mol. The van der Waals surface area contributed by atoms with Gasteiger partial charge in [-0.05, 0) is 56.7 Å². The standard InChI is InChI=1S/C24H27ClF3N5O4/c25-17-8-5-14(24(26,27)28)10-18(17)32-22(35)13-3-6-15(7-4-13)33-12-31-19(20(33)21(29)34)23(36)30-11-16-2-1-9-37-16/h5,8,10,12-13,15-16H,1-4,6-7,9,11H2,(H2,29,34)(H,30,36)(H,32,35)/t13-,15-,16?. The minimum Gasteiger partial charge on any atom is -0.376 e. The number of carbonyl (C=O) groups is 3. The van der Waals surface area contributed by atoms with Crippen LogP contribution in [0.25, 0.3) is 0 Å². The summed E-state index contributed by atoms with van der Waals surface area (Å²) in [6, 6.07) is 2.52. The van der Waals surface area contributed by atoms with Crippen molar-refractivity contribution in [1.82, 2.24) is 14.9 Å². The number of benzene rings is 1. The summed E-state index contributed by atoms with van der Waals surface area (Å²) in [5, 5.41) is 5.24. The molecule has 1 aliphatic carbocycles. The van der Waals surface area contributed by atoms with Crippen molar-refractivity contribution in [1.29, 1.82) is 0 Å². The van der Waals surface area contributed by atoms with Gasteiger partial charge in [-0.1, -0.05) is 11.6 Å². The Balaban J connectivity index is 1.39. The molecule has 1 aromatic heterocycles. The Morgan fingerprint density at radius 3 is 2.51 bits per heavy atom. The third-order valence-electron chi connectivity index (χ3n) is 6.77. The number of alkyl halides is 3. The number of carbonyl (C=O) groups excluding carboxylic acids is 3. The molecule has 9 nitrogen and oxygen atoms in total. The number of aromatic nitrogens is 2. The lowest BCUT2D eigenvalue weighted by Gasteiger charge is -2.29. The predicted molar refractivity (Wildman–Crippen MR) is 128 cm³/mol. The second-order valence-corrected chi connectivity index (χ2v) is 9.65. The van der Waals surface area contributed by atoms with Crippen molar-refractivity contribution in [3.05, 3.63) is 46.5 Å². The number of halogens is 4. The molecule has 1 aliphatic heterocycles. The SMILES string of the molecule is NC(=O)c1c(C(=O)NCC2CCCO2)ncn1[C@H]1CC[C@H](C(=O)Nc2cc(C(F)(F)F)ccc2Cl)CC1. The molecule has 4 rings (SSSR count). The van der Waals surface area contributed by atoms with Gasteiger partial charge in [-0.25, -0.2) is 4.98 Å². The Morgan fingerprint density at radius 2 is 1.89 bits per heavy atom. The number of imidazole rings is 1. The van der Waals surface area contributed by atoms with Crippen LogP contribution in [0.3, 0.4) is 0 Å². The monoisotopic (exact) mass is 541 g/mol. The van der Waals surface area contributed by atoms with Crippen LogP contribution in [0.2, 0.25) is 5.02 Å². The zero-order valence-corrected chi connectivity index (χ0v) is 20.6. The van der Waals surface area contributed by atoms with E-state index in [1.54, 1.807) is 4.57 Å². The number of hydrogen-bond acceptors (Lipinski definition) is 5. The van der Waals surface area contributed by atoms with E-state index >= 15 is 0 Å². The van der Waals surface area contributed by atoms with E-state index in [0.29, 0.717) is 38.8 Å². The van der Waals surface area contributed by atoms with Crippen LogP contribution in [0.15, 0.2) is 24.5 Å². The summed E-state index contributed by atoms with van der Waals surface area (Å²) in [7, 11) is 0. The fraction of sp³-hybridized carbons (Fsp3) is 0.500. The van der Waals surface area contributed by atoms with Crippen LogP contribution in [0.4, 0.5) is 18.9 Å². The Labute approximate surface area is 215 Å². The number of nitrogens with one attached hydrogen (secondary N) is 2. The molecule has 1 atom stereocenters. The van der Waals surface area contributed by atoms with Gasteiger partial charge in [0.1, 0.15) is 5.69 Å². The maximum atomic E-state index is 13.0. The lowest BCUT2D eigenvalue weighted by Crippen LogP contribution is -2.34. The Bertz CT molecular complexity index is 1170. The molecule has 0 bridgehead atoms. The zero-order valence-electron chi connectivity index (χ0n) is 19.8. The predicted octanol–water partition coefficient (Wildman–Crippen LogP) is 3.93. The van der Waals surface area contributed by atoms with E-state index in [2.05, 4.69) is 15.6 Å². The van der Waals surface area contributed by atoms with Gasteiger partial charge in [-0.2, -0.15) is 13.2 Å². The summed E-state index contributed by atoms with van der Waals surface area (Å²) >= 11 is 5.99. The normalized spacial score (nSPS) is 22.0. The molecule has 2 heterocycles. The van der Waals surface area contributed by atoms with E-state index in [1.807, 2.05) is 0 Å². The number of primary amides is 1. The minimum atomic E-state index is -4.56. The van der Waals surface area contributed by atoms with Crippen molar-refractivity contribution in [2.75, 3.05) is 18.5 Å². The fourth-order valence-corrected chi connectivity index (χ4v) is 4.96. The third kappa shape index (κ3) is 6.24. The molecular formula is C24H27ClF3N5O4. The first-order chi connectivity index (χ1) is 17.5. The van der Waals surface area contributed by atoms with Crippen LogP contribution >= 0.6 is 11.6 Å². The Hall–Kier alpha value is -3.12. The lowest BCUT2D eigenvalue weighted by molar-refractivity contribution is -0.137. The number of amides is 3. The van der Waals surface area contributed by atoms with Gasteiger partial charge in [0, 0.05) is 25.1 Å². The van der Waals surface area contributed by atoms with E-state index in [-0.39, 0.29) is 34.2 Å². The van der Waals surface area contributed by atoms with Crippen LogP contribution in [0.1, 0.15) is 71.1 Å². The van der Waals surface area contributed by atoms with Gasteiger partial charge >= 0.3 is 6.18 Å². The van der Waals surface area contributed by atoms with Crippen LogP contribution in [-0.4, -0.2) is 46.5 Å². The van der Waals surface area contributed by atoms with Gasteiger partial charge in [0.05, 0.1) is 28.7 Å². The van der Waals surface area contributed by atoms with E-state index in [0.717, 1.165) is 31.0 Å². The highest BCUT2D eigenvalue weighted by molar-refractivity contribution is 6.33. The van der Waals surface area contributed by atoms with Gasteiger partial charge in [0.2, 0.25) is 5.91 Å². The molecule has 13 heteroatoms. The smallest absolute Gasteiger partial charge is 0.376 e. The fourth-order valence-electron chi connectivity index (χ4n) is 4.79. The number of rotatable bonds is 7. The van der Waals surface area contributed by atoms with Crippen molar-refractivity contribution in [2.24, 2.45) is 11.7 Å². The van der Waals surface area contributed by atoms with Crippen molar-refractivity contribution >= 4 is 35.0 Å². The largest absolute Gasteiger partial charge is 0.416 e. The Kier molecular flexibility index (Phi) is 8.08. The summed E-state index contributed by atoms with van der Waals surface area (Å²) in [6.45, 7) is 0.954.